The summed E-state index contributed by atoms with van der Waals surface area (Å²) in [5.41, 5.74) is -0.317. The standard InChI is InChI=1S/C17H25F3N4O3S.HI/c1-2-21-16(22-6-11-28(25,26)24-7-9-27-10-8-24)23-13-14-4-3-5-15(12-14)17(18,19)20;/h3-5,12H,2,6-11,13H2,1H3,(H2,21,22,23);1H. The molecule has 1 aromatic carbocycles. The van der Waals surface area contributed by atoms with Gasteiger partial charge in [-0.3, -0.25) is 0 Å². The Morgan fingerprint density at radius 3 is 2.55 bits per heavy atom. The van der Waals surface area contributed by atoms with Crippen LogP contribution in [0.25, 0.3) is 0 Å². The van der Waals surface area contributed by atoms with Crippen LogP contribution in [0.1, 0.15) is 18.1 Å². The second-order valence-electron chi connectivity index (χ2n) is 6.15. The fraction of sp³-hybridized carbons (Fsp3) is 0.588. The van der Waals surface area contributed by atoms with Crippen molar-refractivity contribution in [3.8, 4) is 0 Å². The molecule has 1 aliphatic rings. The third-order valence-corrected chi connectivity index (χ3v) is 5.91. The van der Waals surface area contributed by atoms with E-state index in [9.17, 15) is 21.6 Å². The molecule has 0 amide bonds. The third-order valence-electron chi connectivity index (χ3n) is 4.03. The maximum Gasteiger partial charge on any atom is 0.416 e. The summed E-state index contributed by atoms with van der Waals surface area (Å²) in [5, 5.41) is 5.86. The van der Waals surface area contributed by atoms with Gasteiger partial charge in [-0.2, -0.15) is 17.5 Å². The zero-order valence-corrected chi connectivity index (χ0v) is 19.2. The van der Waals surface area contributed by atoms with E-state index in [4.69, 9.17) is 4.74 Å². The lowest BCUT2D eigenvalue weighted by Crippen LogP contribution is -2.45. The number of morpholine rings is 1. The summed E-state index contributed by atoms with van der Waals surface area (Å²) in [4.78, 5) is 4.24. The number of ether oxygens (including phenoxy) is 1. The predicted molar refractivity (Wildman–Crippen MR) is 116 cm³/mol. The zero-order chi connectivity index (χ0) is 20.6. The molecule has 0 radical (unpaired) electrons. The molecule has 0 saturated carbocycles. The van der Waals surface area contributed by atoms with Crippen molar-refractivity contribution in [2.24, 2.45) is 4.99 Å². The molecule has 1 aliphatic heterocycles. The number of halogens is 4. The molecule has 2 N–H and O–H groups in total. The summed E-state index contributed by atoms with van der Waals surface area (Å²) in [6.45, 7) is 3.99. The first-order chi connectivity index (χ1) is 13.2. The van der Waals surface area contributed by atoms with Crippen LogP contribution in [0.3, 0.4) is 0 Å². The Bertz CT molecular complexity index is 769. The molecule has 0 aromatic heterocycles. The minimum Gasteiger partial charge on any atom is -0.379 e. The summed E-state index contributed by atoms with van der Waals surface area (Å²) >= 11 is 0. The fourth-order valence-corrected chi connectivity index (χ4v) is 3.93. The Labute approximate surface area is 186 Å². The van der Waals surface area contributed by atoms with Gasteiger partial charge in [-0.15, -0.1) is 24.0 Å². The van der Waals surface area contributed by atoms with Gasteiger partial charge in [-0.25, -0.2) is 13.4 Å². The Kier molecular flexibility index (Phi) is 10.6. The van der Waals surface area contributed by atoms with E-state index in [1.54, 1.807) is 6.07 Å². The molecule has 0 atom stereocenters. The first-order valence-corrected chi connectivity index (χ1v) is 10.6. The zero-order valence-electron chi connectivity index (χ0n) is 16.0. The highest BCUT2D eigenvalue weighted by molar-refractivity contribution is 14.0. The highest BCUT2D eigenvalue weighted by atomic mass is 127. The number of aliphatic imine (C=N–C) groups is 1. The summed E-state index contributed by atoms with van der Waals surface area (Å²) < 4.78 is 69.5. The van der Waals surface area contributed by atoms with Crippen LogP contribution in [0.2, 0.25) is 0 Å². The fourth-order valence-electron chi connectivity index (χ4n) is 2.61. The van der Waals surface area contributed by atoms with Gasteiger partial charge in [0.2, 0.25) is 10.0 Å². The molecule has 0 spiro atoms. The molecular formula is C17H26F3IN4O3S. The molecule has 1 heterocycles. The van der Waals surface area contributed by atoms with Gasteiger partial charge in [-0.05, 0) is 24.6 Å². The van der Waals surface area contributed by atoms with E-state index in [1.807, 2.05) is 6.92 Å². The van der Waals surface area contributed by atoms with Gasteiger partial charge < -0.3 is 15.4 Å². The van der Waals surface area contributed by atoms with Gasteiger partial charge in [-0.1, -0.05) is 12.1 Å². The average Bonchev–Trinajstić information content (AvgIpc) is 2.66. The summed E-state index contributed by atoms with van der Waals surface area (Å²) in [7, 11) is -3.40. The highest BCUT2D eigenvalue weighted by Gasteiger charge is 2.30. The van der Waals surface area contributed by atoms with Crippen LogP contribution in [-0.2, 0) is 27.5 Å². The smallest absolute Gasteiger partial charge is 0.379 e. The quantitative estimate of drug-likeness (QED) is 0.309. The number of hydrogen-bond donors (Lipinski definition) is 2. The number of guanidine groups is 1. The van der Waals surface area contributed by atoms with Crippen LogP contribution in [0, 0.1) is 0 Å². The Balaban J connectivity index is 0.00000420. The lowest BCUT2D eigenvalue weighted by molar-refractivity contribution is -0.137. The minimum atomic E-state index is -4.41. The van der Waals surface area contributed by atoms with Crippen LogP contribution >= 0.6 is 24.0 Å². The number of nitrogens with one attached hydrogen (secondary N) is 2. The van der Waals surface area contributed by atoms with Crippen molar-refractivity contribution in [1.29, 1.82) is 0 Å². The van der Waals surface area contributed by atoms with Crippen molar-refractivity contribution < 1.29 is 26.3 Å². The van der Waals surface area contributed by atoms with Crippen molar-refractivity contribution in [2.45, 2.75) is 19.6 Å². The van der Waals surface area contributed by atoms with Crippen molar-refractivity contribution in [3.05, 3.63) is 35.4 Å². The van der Waals surface area contributed by atoms with Gasteiger partial charge in [0.25, 0.3) is 0 Å². The van der Waals surface area contributed by atoms with E-state index < -0.39 is 21.8 Å². The normalized spacial score (nSPS) is 16.2. The largest absolute Gasteiger partial charge is 0.416 e. The molecular weight excluding hydrogens is 524 g/mol. The monoisotopic (exact) mass is 550 g/mol. The first kappa shape index (κ1) is 25.9. The van der Waals surface area contributed by atoms with Gasteiger partial charge >= 0.3 is 6.18 Å². The molecule has 1 aromatic rings. The molecule has 166 valence electrons. The second-order valence-corrected chi connectivity index (χ2v) is 8.24. The van der Waals surface area contributed by atoms with Crippen molar-refractivity contribution in [1.82, 2.24) is 14.9 Å². The van der Waals surface area contributed by atoms with Gasteiger partial charge in [0, 0.05) is 26.2 Å². The van der Waals surface area contributed by atoms with E-state index in [2.05, 4.69) is 15.6 Å². The summed E-state index contributed by atoms with van der Waals surface area (Å²) in [5.74, 6) is 0.234. The lowest BCUT2D eigenvalue weighted by atomic mass is 10.1. The molecule has 29 heavy (non-hydrogen) atoms. The Morgan fingerprint density at radius 1 is 1.24 bits per heavy atom. The summed E-state index contributed by atoms with van der Waals surface area (Å²) in [6, 6.07) is 4.96. The van der Waals surface area contributed by atoms with Crippen molar-refractivity contribution in [2.75, 3.05) is 45.1 Å². The van der Waals surface area contributed by atoms with E-state index in [-0.39, 0.29) is 42.8 Å². The van der Waals surface area contributed by atoms with Crippen LogP contribution in [0.5, 0.6) is 0 Å². The number of benzene rings is 1. The van der Waals surface area contributed by atoms with E-state index in [1.165, 1.54) is 10.4 Å². The first-order valence-electron chi connectivity index (χ1n) is 8.96. The molecule has 12 heteroatoms. The number of alkyl halides is 3. The SMILES string of the molecule is CCNC(=NCc1cccc(C(F)(F)F)c1)NCCS(=O)(=O)N1CCOCC1.I. The van der Waals surface area contributed by atoms with Crippen molar-refractivity contribution >= 4 is 40.0 Å². The van der Waals surface area contributed by atoms with Gasteiger partial charge in [0.15, 0.2) is 5.96 Å². The Morgan fingerprint density at radius 2 is 1.93 bits per heavy atom. The maximum absolute atomic E-state index is 12.8. The van der Waals surface area contributed by atoms with E-state index in [0.29, 0.717) is 44.4 Å². The average molecular weight is 550 g/mol. The second kappa shape index (κ2) is 11.9. The molecule has 0 aliphatic carbocycles. The lowest BCUT2D eigenvalue weighted by Gasteiger charge is -2.26. The molecule has 1 saturated heterocycles. The number of sulfonamides is 1. The molecule has 7 nitrogen and oxygen atoms in total. The topological polar surface area (TPSA) is 83.0 Å². The van der Waals surface area contributed by atoms with Gasteiger partial charge in [0.1, 0.15) is 0 Å². The van der Waals surface area contributed by atoms with Gasteiger partial charge in [0.05, 0.1) is 31.1 Å². The summed E-state index contributed by atoms with van der Waals surface area (Å²) in [6.07, 6.45) is -4.41. The minimum absolute atomic E-state index is 0. The van der Waals surface area contributed by atoms with Crippen LogP contribution in [0.4, 0.5) is 13.2 Å². The van der Waals surface area contributed by atoms with E-state index in [0.717, 1.165) is 12.1 Å². The maximum atomic E-state index is 12.8. The third kappa shape index (κ3) is 8.64. The van der Waals surface area contributed by atoms with Crippen LogP contribution in [0.15, 0.2) is 29.3 Å². The number of hydrogen-bond acceptors (Lipinski definition) is 4. The molecule has 1 fully saturated rings. The number of nitrogens with zero attached hydrogens (tertiary/aromatic N) is 2. The molecule has 2 rings (SSSR count). The van der Waals surface area contributed by atoms with E-state index >= 15 is 0 Å². The van der Waals surface area contributed by atoms with Crippen LogP contribution in [-0.4, -0.2) is 63.8 Å². The number of rotatable bonds is 7. The van der Waals surface area contributed by atoms with Crippen molar-refractivity contribution in [3.63, 3.8) is 0 Å². The van der Waals surface area contributed by atoms with Crippen LogP contribution < -0.4 is 10.6 Å². The highest BCUT2D eigenvalue weighted by Crippen LogP contribution is 2.29. The molecule has 0 bridgehead atoms. The predicted octanol–water partition coefficient (Wildman–Crippen LogP) is 2.04. The molecule has 0 unspecified atom stereocenters. The Hall–Kier alpha value is -1.12.